The van der Waals surface area contributed by atoms with Gasteiger partial charge in [-0.25, -0.2) is 9.19 Å². The van der Waals surface area contributed by atoms with E-state index in [1.165, 1.54) is 13.2 Å². The van der Waals surface area contributed by atoms with Crippen LogP contribution < -0.4 is 4.74 Å². The van der Waals surface area contributed by atoms with Crippen LogP contribution >= 0.6 is 11.6 Å². The summed E-state index contributed by atoms with van der Waals surface area (Å²) in [6, 6.07) is 6.58. The molecule has 2 rings (SSSR count). The number of benzene rings is 1. The number of ether oxygens (including phenoxy) is 1. The molecule has 84 valence electrons. The highest BCUT2D eigenvalue weighted by atomic mass is 35.5. The summed E-state index contributed by atoms with van der Waals surface area (Å²) in [4.78, 5) is 4.24. The van der Waals surface area contributed by atoms with E-state index in [9.17, 15) is 4.21 Å². The second-order valence-electron chi connectivity index (χ2n) is 3.08. The van der Waals surface area contributed by atoms with Crippen LogP contribution in [0.15, 0.2) is 29.2 Å². The van der Waals surface area contributed by atoms with E-state index in [0.29, 0.717) is 16.4 Å². The number of hydrogen-bond acceptors (Lipinski definition) is 3. The van der Waals surface area contributed by atoms with E-state index < -0.39 is 11.1 Å². The summed E-state index contributed by atoms with van der Waals surface area (Å²) in [7, 11) is 1.45. The molecule has 4 nitrogen and oxygen atoms in total. The van der Waals surface area contributed by atoms with E-state index in [0.717, 1.165) is 5.39 Å². The standard InChI is InChI=1S/C10H8ClNO3S/c1-15-8-4-6-2-3-10(11)12-7(6)5-9(8)16(13)14/h2-5H,1H3,(H,13,14). The number of methoxy groups -OCH3 is 1. The quantitative estimate of drug-likeness (QED) is 0.663. The lowest BCUT2D eigenvalue weighted by atomic mass is 10.2. The van der Waals surface area contributed by atoms with Crippen LogP contribution in [-0.2, 0) is 11.1 Å². The molecule has 1 N–H and O–H groups in total. The molecular weight excluding hydrogens is 250 g/mol. The third-order valence-corrected chi connectivity index (χ3v) is 3.03. The van der Waals surface area contributed by atoms with Crippen LogP contribution in [-0.4, -0.2) is 20.9 Å². The molecule has 0 spiro atoms. The zero-order chi connectivity index (χ0) is 11.7. The van der Waals surface area contributed by atoms with Crippen molar-refractivity contribution < 1.29 is 13.5 Å². The summed E-state index contributed by atoms with van der Waals surface area (Å²) in [5, 5.41) is 1.14. The first-order valence-corrected chi connectivity index (χ1v) is 5.85. The maximum atomic E-state index is 11.1. The van der Waals surface area contributed by atoms with E-state index in [2.05, 4.69) is 4.98 Å². The number of halogens is 1. The highest BCUT2D eigenvalue weighted by molar-refractivity contribution is 7.79. The Balaban J connectivity index is 2.75. The van der Waals surface area contributed by atoms with Gasteiger partial charge in [-0.3, -0.25) is 0 Å². The van der Waals surface area contributed by atoms with Gasteiger partial charge < -0.3 is 9.29 Å². The highest BCUT2D eigenvalue weighted by Crippen LogP contribution is 2.27. The first-order valence-electron chi connectivity index (χ1n) is 4.37. The first-order chi connectivity index (χ1) is 7.61. The van der Waals surface area contributed by atoms with Crippen molar-refractivity contribution in [2.75, 3.05) is 7.11 Å². The van der Waals surface area contributed by atoms with Gasteiger partial charge in [0.2, 0.25) is 0 Å². The first kappa shape index (κ1) is 11.3. The Hall–Kier alpha value is -1.17. The van der Waals surface area contributed by atoms with Gasteiger partial charge in [0.15, 0.2) is 11.1 Å². The normalized spacial score (nSPS) is 12.7. The molecule has 1 unspecified atom stereocenters. The molecule has 0 fully saturated rings. The van der Waals surface area contributed by atoms with Crippen molar-refractivity contribution in [1.82, 2.24) is 4.98 Å². The van der Waals surface area contributed by atoms with Gasteiger partial charge in [0.05, 0.1) is 12.6 Å². The number of fused-ring (bicyclic) bond motifs is 1. The van der Waals surface area contributed by atoms with Gasteiger partial charge in [-0.1, -0.05) is 11.6 Å². The Morgan fingerprint density at radius 1 is 1.44 bits per heavy atom. The summed E-state index contributed by atoms with van der Waals surface area (Å²) in [6.07, 6.45) is 0. The molecular formula is C10H8ClNO3S. The van der Waals surface area contributed by atoms with Crippen LogP contribution in [0.3, 0.4) is 0 Å². The predicted molar refractivity (Wildman–Crippen MR) is 62.3 cm³/mol. The van der Waals surface area contributed by atoms with Crippen LogP contribution in [0.5, 0.6) is 5.75 Å². The largest absolute Gasteiger partial charge is 0.495 e. The Morgan fingerprint density at radius 2 is 2.19 bits per heavy atom. The van der Waals surface area contributed by atoms with Crippen molar-refractivity contribution in [3.05, 3.63) is 29.4 Å². The van der Waals surface area contributed by atoms with Crippen LogP contribution in [0.1, 0.15) is 0 Å². The van der Waals surface area contributed by atoms with Gasteiger partial charge in [-0.15, -0.1) is 0 Å². The van der Waals surface area contributed by atoms with Gasteiger partial charge >= 0.3 is 0 Å². The van der Waals surface area contributed by atoms with E-state index >= 15 is 0 Å². The molecule has 1 aromatic heterocycles. The van der Waals surface area contributed by atoms with Crippen molar-refractivity contribution >= 4 is 33.6 Å². The van der Waals surface area contributed by atoms with Gasteiger partial charge in [-0.2, -0.15) is 0 Å². The van der Waals surface area contributed by atoms with Crippen molar-refractivity contribution in [1.29, 1.82) is 0 Å². The van der Waals surface area contributed by atoms with Gasteiger partial charge in [0.25, 0.3) is 0 Å². The number of hydrogen-bond donors (Lipinski definition) is 1. The maximum absolute atomic E-state index is 11.1. The van der Waals surface area contributed by atoms with Gasteiger partial charge in [-0.05, 0) is 24.3 Å². The Morgan fingerprint density at radius 3 is 2.81 bits per heavy atom. The number of nitrogens with zero attached hydrogens (tertiary/aromatic N) is 1. The number of rotatable bonds is 2. The van der Waals surface area contributed by atoms with E-state index in [1.807, 2.05) is 0 Å². The molecule has 0 bridgehead atoms. The van der Waals surface area contributed by atoms with Crippen LogP contribution in [0.4, 0.5) is 0 Å². The Bertz CT molecular complexity index is 573. The molecule has 0 aliphatic rings. The smallest absolute Gasteiger partial charge is 0.190 e. The van der Waals surface area contributed by atoms with Crippen molar-refractivity contribution in [3.63, 3.8) is 0 Å². The lowest BCUT2D eigenvalue weighted by Gasteiger charge is -2.06. The second kappa shape index (κ2) is 4.37. The topological polar surface area (TPSA) is 59.4 Å². The summed E-state index contributed by atoms with van der Waals surface area (Å²) in [5.41, 5.74) is 0.561. The minimum atomic E-state index is -2.11. The van der Waals surface area contributed by atoms with Crippen molar-refractivity contribution in [3.8, 4) is 5.75 Å². The minimum absolute atomic E-state index is 0.185. The third-order valence-electron chi connectivity index (χ3n) is 2.13. The fourth-order valence-corrected chi connectivity index (χ4v) is 2.08. The van der Waals surface area contributed by atoms with Crippen molar-refractivity contribution in [2.24, 2.45) is 0 Å². The zero-order valence-corrected chi connectivity index (χ0v) is 9.88. The molecule has 0 saturated heterocycles. The summed E-state index contributed by atoms with van der Waals surface area (Å²) in [6.45, 7) is 0. The molecule has 0 amide bonds. The number of pyridine rings is 1. The predicted octanol–water partition coefficient (Wildman–Crippen LogP) is 2.48. The fourth-order valence-electron chi connectivity index (χ4n) is 1.40. The Labute approximate surface area is 99.5 Å². The van der Waals surface area contributed by atoms with Crippen LogP contribution in [0, 0.1) is 0 Å². The molecule has 1 aromatic carbocycles. The van der Waals surface area contributed by atoms with E-state index in [-0.39, 0.29) is 4.90 Å². The lowest BCUT2D eigenvalue weighted by molar-refractivity contribution is 0.402. The molecule has 0 aliphatic carbocycles. The molecule has 0 saturated carbocycles. The third kappa shape index (κ3) is 2.02. The minimum Gasteiger partial charge on any atom is -0.495 e. The summed E-state index contributed by atoms with van der Waals surface area (Å²) < 4.78 is 25.2. The molecule has 0 radical (unpaired) electrons. The maximum Gasteiger partial charge on any atom is 0.190 e. The van der Waals surface area contributed by atoms with Crippen LogP contribution in [0.25, 0.3) is 10.9 Å². The summed E-state index contributed by atoms with van der Waals surface area (Å²) >= 11 is 3.63. The SMILES string of the molecule is COc1cc2ccc(Cl)nc2cc1S(=O)O. The molecule has 16 heavy (non-hydrogen) atoms. The fraction of sp³-hybridized carbons (Fsp3) is 0.100. The lowest BCUT2D eigenvalue weighted by Crippen LogP contribution is -1.95. The van der Waals surface area contributed by atoms with E-state index in [4.69, 9.17) is 20.9 Å². The average molecular weight is 258 g/mol. The summed E-state index contributed by atoms with van der Waals surface area (Å²) in [5.74, 6) is 0.359. The van der Waals surface area contributed by atoms with Crippen LogP contribution in [0.2, 0.25) is 5.15 Å². The zero-order valence-electron chi connectivity index (χ0n) is 8.31. The van der Waals surface area contributed by atoms with E-state index in [1.54, 1.807) is 18.2 Å². The molecule has 0 aliphatic heterocycles. The molecule has 2 aromatic rings. The monoisotopic (exact) mass is 257 g/mol. The van der Waals surface area contributed by atoms with Gasteiger partial charge in [0.1, 0.15) is 15.8 Å². The molecule has 1 atom stereocenters. The highest BCUT2D eigenvalue weighted by Gasteiger charge is 2.11. The van der Waals surface area contributed by atoms with Crippen molar-refractivity contribution in [2.45, 2.75) is 4.90 Å². The average Bonchev–Trinajstić information content (AvgIpc) is 2.27. The number of aromatic nitrogens is 1. The molecule has 1 heterocycles. The molecule has 6 heteroatoms. The Kier molecular flexibility index (Phi) is 3.09. The second-order valence-corrected chi connectivity index (χ2v) is 4.40. The van der Waals surface area contributed by atoms with Gasteiger partial charge in [0, 0.05) is 5.39 Å².